The van der Waals surface area contributed by atoms with Crippen LogP contribution in [0.4, 0.5) is 0 Å². The van der Waals surface area contributed by atoms with Crippen LogP contribution in [-0.2, 0) is 16.0 Å². The minimum atomic E-state index is -0.357. The number of benzene rings is 1. The Balaban J connectivity index is 2.20. The first-order valence-electron chi connectivity index (χ1n) is 5.40. The first-order chi connectivity index (χ1) is 8.31. The lowest BCUT2D eigenvalue weighted by molar-refractivity contribution is -0.144. The van der Waals surface area contributed by atoms with E-state index in [4.69, 9.17) is 4.74 Å². The Morgan fingerprint density at radius 1 is 1.41 bits per heavy atom. The van der Waals surface area contributed by atoms with E-state index in [2.05, 4.69) is 4.98 Å². The van der Waals surface area contributed by atoms with Crippen LogP contribution in [-0.4, -0.2) is 22.6 Å². The lowest BCUT2D eigenvalue weighted by Crippen LogP contribution is -2.22. The zero-order valence-corrected chi connectivity index (χ0v) is 9.61. The van der Waals surface area contributed by atoms with Crippen LogP contribution in [0.25, 0.3) is 0 Å². The Bertz CT molecular complexity index is 465. The topological polar surface area (TPSA) is 44.1 Å². The van der Waals surface area contributed by atoms with E-state index in [0.717, 1.165) is 5.56 Å². The van der Waals surface area contributed by atoms with Crippen LogP contribution in [0.1, 0.15) is 11.6 Å². The summed E-state index contributed by atoms with van der Waals surface area (Å²) >= 11 is 0. The van der Waals surface area contributed by atoms with Crippen LogP contribution in [0, 0.1) is 0 Å². The lowest BCUT2D eigenvalue weighted by Gasteiger charge is -2.15. The summed E-state index contributed by atoms with van der Waals surface area (Å²) in [5.41, 5.74) is 1.09. The quantitative estimate of drug-likeness (QED) is 0.753. The highest BCUT2D eigenvalue weighted by atomic mass is 16.5. The van der Waals surface area contributed by atoms with Gasteiger partial charge in [0.05, 0.1) is 13.4 Å². The van der Waals surface area contributed by atoms with E-state index in [0.29, 0.717) is 6.42 Å². The average molecular weight is 230 g/mol. The zero-order chi connectivity index (χ0) is 12.1. The molecular weight excluding hydrogens is 216 g/mol. The van der Waals surface area contributed by atoms with E-state index in [1.165, 1.54) is 7.11 Å². The average Bonchev–Trinajstić information content (AvgIpc) is 2.90. The molecule has 0 aliphatic rings. The summed E-state index contributed by atoms with van der Waals surface area (Å²) in [5.74, 6) is -0.258. The van der Waals surface area contributed by atoms with Crippen molar-refractivity contribution < 1.29 is 9.53 Å². The molecule has 0 N–H and O–H groups in total. The molecule has 0 bridgehead atoms. The number of hydrogen-bond acceptors (Lipinski definition) is 3. The lowest BCUT2D eigenvalue weighted by atomic mass is 10.1. The van der Waals surface area contributed by atoms with E-state index in [1.807, 2.05) is 30.3 Å². The molecule has 1 atom stereocenters. The van der Waals surface area contributed by atoms with Crippen LogP contribution in [0.15, 0.2) is 49.1 Å². The van der Waals surface area contributed by atoms with Gasteiger partial charge in [-0.15, -0.1) is 0 Å². The Labute approximate surface area is 99.9 Å². The summed E-state index contributed by atoms with van der Waals surface area (Å²) in [4.78, 5) is 15.7. The predicted molar refractivity (Wildman–Crippen MR) is 63.4 cm³/mol. The standard InChI is InChI=1S/C13H14N2O2/c1-17-13(16)12(15-8-7-14-10-15)9-11-5-3-2-4-6-11/h2-8,10,12H,9H2,1H3/t12-/m0/s1. The smallest absolute Gasteiger partial charge is 0.329 e. The maximum Gasteiger partial charge on any atom is 0.329 e. The summed E-state index contributed by atoms with van der Waals surface area (Å²) in [5, 5.41) is 0. The molecule has 0 unspecified atom stereocenters. The Morgan fingerprint density at radius 2 is 2.18 bits per heavy atom. The molecule has 0 aliphatic heterocycles. The monoisotopic (exact) mass is 230 g/mol. The van der Waals surface area contributed by atoms with Gasteiger partial charge in [-0.25, -0.2) is 9.78 Å². The Hall–Kier alpha value is -2.10. The molecule has 4 heteroatoms. The summed E-state index contributed by atoms with van der Waals surface area (Å²) in [6, 6.07) is 9.49. The van der Waals surface area contributed by atoms with Crippen LogP contribution in [0.2, 0.25) is 0 Å². The molecule has 1 aromatic carbocycles. The zero-order valence-electron chi connectivity index (χ0n) is 9.61. The molecule has 0 saturated carbocycles. The molecule has 2 rings (SSSR count). The van der Waals surface area contributed by atoms with Gasteiger partial charge in [0.15, 0.2) is 0 Å². The SMILES string of the molecule is COC(=O)[C@H](Cc1ccccc1)n1ccnc1. The number of ether oxygens (including phenoxy) is 1. The molecule has 1 aromatic heterocycles. The van der Waals surface area contributed by atoms with Crippen molar-refractivity contribution in [2.75, 3.05) is 7.11 Å². The second-order valence-electron chi connectivity index (χ2n) is 3.74. The molecule has 88 valence electrons. The summed E-state index contributed by atoms with van der Waals surface area (Å²) in [6.45, 7) is 0. The van der Waals surface area contributed by atoms with Crippen LogP contribution in [0.5, 0.6) is 0 Å². The normalized spacial score (nSPS) is 12.1. The number of esters is 1. The molecule has 0 amide bonds. The highest BCUT2D eigenvalue weighted by Gasteiger charge is 2.20. The minimum Gasteiger partial charge on any atom is -0.467 e. The molecule has 4 nitrogen and oxygen atoms in total. The van der Waals surface area contributed by atoms with Gasteiger partial charge in [-0.2, -0.15) is 0 Å². The van der Waals surface area contributed by atoms with Gasteiger partial charge in [-0.3, -0.25) is 0 Å². The maximum atomic E-state index is 11.7. The first kappa shape index (κ1) is 11.4. The number of carbonyl (C=O) groups excluding carboxylic acids is 1. The predicted octanol–water partition coefficient (Wildman–Crippen LogP) is 1.84. The minimum absolute atomic E-state index is 0.258. The van der Waals surface area contributed by atoms with Crippen molar-refractivity contribution in [2.24, 2.45) is 0 Å². The summed E-state index contributed by atoms with van der Waals surface area (Å²) in [6.07, 6.45) is 5.65. The number of carbonyl (C=O) groups is 1. The number of methoxy groups -OCH3 is 1. The molecule has 0 radical (unpaired) electrons. The number of imidazole rings is 1. The third-order valence-electron chi connectivity index (χ3n) is 2.63. The largest absolute Gasteiger partial charge is 0.467 e. The number of nitrogens with zero attached hydrogens (tertiary/aromatic N) is 2. The Morgan fingerprint density at radius 3 is 2.76 bits per heavy atom. The van der Waals surface area contributed by atoms with Crippen molar-refractivity contribution in [3.8, 4) is 0 Å². The van der Waals surface area contributed by atoms with Crippen LogP contribution in [0.3, 0.4) is 0 Å². The number of hydrogen-bond donors (Lipinski definition) is 0. The van der Waals surface area contributed by atoms with Gasteiger partial charge >= 0.3 is 5.97 Å². The number of aromatic nitrogens is 2. The molecular formula is C13H14N2O2. The first-order valence-corrected chi connectivity index (χ1v) is 5.40. The highest BCUT2D eigenvalue weighted by molar-refractivity contribution is 5.74. The highest BCUT2D eigenvalue weighted by Crippen LogP contribution is 2.15. The van der Waals surface area contributed by atoms with Crippen LogP contribution < -0.4 is 0 Å². The Kier molecular flexibility index (Phi) is 3.55. The van der Waals surface area contributed by atoms with Gasteiger partial charge in [0, 0.05) is 18.8 Å². The molecule has 0 aliphatic carbocycles. The summed E-state index contributed by atoms with van der Waals surface area (Å²) < 4.78 is 6.58. The molecule has 0 spiro atoms. The van der Waals surface area contributed by atoms with E-state index in [1.54, 1.807) is 23.3 Å². The molecule has 0 fully saturated rings. The van der Waals surface area contributed by atoms with Gasteiger partial charge in [-0.05, 0) is 5.56 Å². The molecule has 17 heavy (non-hydrogen) atoms. The second kappa shape index (κ2) is 5.30. The van der Waals surface area contributed by atoms with E-state index >= 15 is 0 Å². The van der Waals surface area contributed by atoms with Crippen molar-refractivity contribution in [3.63, 3.8) is 0 Å². The van der Waals surface area contributed by atoms with Crippen molar-refractivity contribution in [3.05, 3.63) is 54.6 Å². The third-order valence-corrected chi connectivity index (χ3v) is 2.63. The van der Waals surface area contributed by atoms with Gasteiger partial charge < -0.3 is 9.30 Å². The van der Waals surface area contributed by atoms with Gasteiger partial charge in [0.1, 0.15) is 6.04 Å². The fourth-order valence-corrected chi connectivity index (χ4v) is 1.74. The van der Waals surface area contributed by atoms with Gasteiger partial charge in [0.25, 0.3) is 0 Å². The fourth-order valence-electron chi connectivity index (χ4n) is 1.74. The van der Waals surface area contributed by atoms with Crippen LogP contribution >= 0.6 is 0 Å². The molecule has 1 heterocycles. The second-order valence-corrected chi connectivity index (χ2v) is 3.74. The molecule has 0 saturated heterocycles. The van der Waals surface area contributed by atoms with E-state index < -0.39 is 0 Å². The van der Waals surface area contributed by atoms with E-state index in [9.17, 15) is 4.79 Å². The van der Waals surface area contributed by atoms with Crippen molar-refractivity contribution in [1.82, 2.24) is 9.55 Å². The van der Waals surface area contributed by atoms with E-state index in [-0.39, 0.29) is 12.0 Å². The number of rotatable bonds is 4. The maximum absolute atomic E-state index is 11.7. The molecule has 2 aromatic rings. The third kappa shape index (κ3) is 2.72. The van der Waals surface area contributed by atoms with Crippen molar-refractivity contribution in [2.45, 2.75) is 12.5 Å². The van der Waals surface area contributed by atoms with Gasteiger partial charge in [-0.1, -0.05) is 30.3 Å². The fraction of sp³-hybridized carbons (Fsp3) is 0.231. The van der Waals surface area contributed by atoms with Gasteiger partial charge in [0.2, 0.25) is 0 Å². The van der Waals surface area contributed by atoms with Crippen molar-refractivity contribution in [1.29, 1.82) is 0 Å². The summed E-state index contributed by atoms with van der Waals surface area (Å²) in [7, 11) is 1.40. The van der Waals surface area contributed by atoms with Crippen molar-refractivity contribution >= 4 is 5.97 Å².